The van der Waals surface area contributed by atoms with E-state index in [1.807, 2.05) is 37.3 Å². The van der Waals surface area contributed by atoms with Crippen molar-refractivity contribution in [1.29, 1.82) is 0 Å². The van der Waals surface area contributed by atoms with Crippen LogP contribution in [0, 0.1) is 0 Å². The van der Waals surface area contributed by atoms with Gasteiger partial charge in [0.1, 0.15) is 4.21 Å². The third-order valence-corrected chi connectivity index (χ3v) is 7.87. The van der Waals surface area contributed by atoms with Gasteiger partial charge in [-0.2, -0.15) is 0 Å². The molecule has 0 saturated carbocycles. The fourth-order valence-electron chi connectivity index (χ4n) is 3.20. The Kier molecular flexibility index (Phi) is 5.32. The smallest absolute Gasteiger partial charge is 0.271 e. The molecule has 0 unspecified atom stereocenters. The number of aryl methyl sites for hydroxylation is 1. The van der Waals surface area contributed by atoms with Gasteiger partial charge >= 0.3 is 0 Å². The summed E-state index contributed by atoms with van der Waals surface area (Å²) < 4.78 is 28.0. The van der Waals surface area contributed by atoms with Gasteiger partial charge in [0.2, 0.25) is 0 Å². The minimum absolute atomic E-state index is 0.330. The monoisotopic (exact) mass is 414 g/mol. The molecule has 1 aromatic carbocycles. The number of hydrogen-bond acceptors (Lipinski definition) is 6. The van der Waals surface area contributed by atoms with Gasteiger partial charge in [0.05, 0.1) is 5.69 Å². The Morgan fingerprint density at radius 1 is 1.00 bits per heavy atom. The number of nitrogens with zero attached hydrogens (tertiary/aromatic N) is 3. The predicted molar refractivity (Wildman–Crippen MR) is 113 cm³/mol. The largest absolute Gasteiger partial charge is 0.355 e. The summed E-state index contributed by atoms with van der Waals surface area (Å²) in [5.41, 5.74) is 2.19. The van der Waals surface area contributed by atoms with E-state index in [0.717, 1.165) is 41.5 Å². The zero-order chi connectivity index (χ0) is 19.6. The molecule has 0 radical (unpaired) electrons. The first-order chi connectivity index (χ1) is 13.5. The molecule has 6 nitrogen and oxygen atoms in total. The van der Waals surface area contributed by atoms with E-state index in [4.69, 9.17) is 0 Å². The zero-order valence-corrected chi connectivity index (χ0v) is 17.3. The van der Waals surface area contributed by atoms with Crippen molar-refractivity contribution in [2.45, 2.75) is 30.4 Å². The standard InChI is InChI=1S/C20H22N4O2S2/c1-2-17-9-12-20(27-17)28(25,26)23-16-7-5-15(6-8-16)18-10-11-19(22-21-18)24-13-3-4-14-24/h5-12,23H,2-4,13-14H2,1H3. The number of rotatable bonds is 6. The lowest BCUT2D eigenvalue weighted by Crippen LogP contribution is -2.19. The molecule has 0 amide bonds. The third-order valence-electron chi connectivity index (χ3n) is 4.76. The van der Waals surface area contributed by atoms with Crippen LogP contribution in [0.4, 0.5) is 11.5 Å². The van der Waals surface area contributed by atoms with Gasteiger partial charge in [-0.25, -0.2) is 8.42 Å². The highest BCUT2D eigenvalue weighted by molar-refractivity contribution is 7.94. The predicted octanol–water partition coefficient (Wildman–Crippen LogP) is 4.17. The van der Waals surface area contributed by atoms with Gasteiger partial charge in [0.25, 0.3) is 10.0 Å². The second-order valence-corrected chi connectivity index (χ2v) is 9.81. The van der Waals surface area contributed by atoms with Crippen molar-refractivity contribution in [1.82, 2.24) is 10.2 Å². The third kappa shape index (κ3) is 4.02. The Hall–Kier alpha value is -2.45. The van der Waals surface area contributed by atoms with Crippen LogP contribution < -0.4 is 9.62 Å². The second-order valence-electron chi connectivity index (χ2n) is 6.73. The molecule has 1 fully saturated rings. The molecule has 4 rings (SSSR count). The highest BCUT2D eigenvalue weighted by Crippen LogP contribution is 2.26. The van der Waals surface area contributed by atoms with E-state index < -0.39 is 10.0 Å². The summed E-state index contributed by atoms with van der Waals surface area (Å²) in [6, 6.07) is 14.6. The maximum Gasteiger partial charge on any atom is 0.271 e. The number of aromatic nitrogens is 2. The highest BCUT2D eigenvalue weighted by atomic mass is 32.2. The molecule has 1 aliphatic heterocycles. The van der Waals surface area contributed by atoms with Gasteiger partial charge in [-0.3, -0.25) is 4.72 Å². The lowest BCUT2D eigenvalue weighted by atomic mass is 10.1. The van der Waals surface area contributed by atoms with Crippen LogP contribution in [-0.2, 0) is 16.4 Å². The maximum absolute atomic E-state index is 12.5. The van der Waals surface area contributed by atoms with Gasteiger partial charge in [-0.1, -0.05) is 19.1 Å². The quantitative estimate of drug-likeness (QED) is 0.655. The summed E-state index contributed by atoms with van der Waals surface area (Å²) in [7, 11) is -3.56. The fraction of sp³-hybridized carbons (Fsp3) is 0.300. The average Bonchev–Trinajstić information content (AvgIpc) is 3.41. The van der Waals surface area contributed by atoms with Crippen LogP contribution in [0.15, 0.2) is 52.7 Å². The SMILES string of the molecule is CCc1ccc(S(=O)(=O)Nc2ccc(-c3ccc(N4CCCC4)nn3)cc2)s1. The van der Waals surface area contributed by atoms with Crippen LogP contribution in [0.3, 0.4) is 0 Å². The lowest BCUT2D eigenvalue weighted by molar-refractivity contribution is 0.603. The summed E-state index contributed by atoms with van der Waals surface area (Å²) in [6.07, 6.45) is 3.23. The van der Waals surface area contributed by atoms with Crippen LogP contribution in [0.1, 0.15) is 24.6 Å². The first-order valence-corrected chi connectivity index (χ1v) is 11.7. The van der Waals surface area contributed by atoms with E-state index in [1.54, 1.807) is 18.2 Å². The summed E-state index contributed by atoms with van der Waals surface area (Å²) in [5, 5.41) is 8.66. The van der Waals surface area contributed by atoms with E-state index in [-0.39, 0.29) is 0 Å². The first-order valence-electron chi connectivity index (χ1n) is 9.36. The van der Waals surface area contributed by atoms with Gasteiger partial charge in [0.15, 0.2) is 5.82 Å². The second kappa shape index (κ2) is 7.89. The van der Waals surface area contributed by atoms with Crippen molar-refractivity contribution in [3.05, 3.63) is 53.4 Å². The Labute approximate surface area is 169 Å². The number of benzene rings is 1. The van der Waals surface area contributed by atoms with Gasteiger partial charge < -0.3 is 4.90 Å². The normalized spacial score (nSPS) is 14.4. The van der Waals surface area contributed by atoms with Crippen molar-refractivity contribution in [2.24, 2.45) is 0 Å². The number of sulfonamides is 1. The molecule has 1 N–H and O–H groups in total. The molecular weight excluding hydrogens is 392 g/mol. The maximum atomic E-state index is 12.5. The van der Waals surface area contributed by atoms with Crippen LogP contribution in [-0.4, -0.2) is 31.7 Å². The summed E-state index contributed by atoms with van der Waals surface area (Å²) in [6.45, 7) is 4.08. The van der Waals surface area contributed by atoms with E-state index in [2.05, 4.69) is 19.8 Å². The lowest BCUT2D eigenvalue weighted by Gasteiger charge is -2.15. The van der Waals surface area contributed by atoms with E-state index in [0.29, 0.717) is 9.90 Å². The molecule has 0 aliphatic carbocycles. The fourth-order valence-corrected chi connectivity index (χ4v) is 5.56. The first kappa shape index (κ1) is 18.9. The van der Waals surface area contributed by atoms with Gasteiger partial charge in [-0.05, 0) is 55.7 Å². The van der Waals surface area contributed by atoms with Crippen LogP contribution >= 0.6 is 11.3 Å². The Balaban J connectivity index is 1.47. The Morgan fingerprint density at radius 2 is 1.75 bits per heavy atom. The number of anilines is 2. The van der Waals surface area contributed by atoms with Crippen molar-refractivity contribution < 1.29 is 8.42 Å². The number of thiophene rings is 1. The van der Waals surface area contributed by atoms with Gasteiger partial charge in [-0.15, -0.1) is 21.5 Å². The molecule has 146 valence electrons. The molecule has 3 aromatic rings. The molecule has 8 heteroatoms. The van der Waals surface area contributed by atoms with Crippen molar-refractivity contribution in [3.8, 4) is 11.3 Å². The Bertz CT molecular complexity index is 1040. The number of hydrogen-bond donors (Lipinski definition) is 1. The molecule has 28 heavy (non-hydrogen) atoms. The summed E-state index contributed by atoms with van der Waals surface area (Å²) >= 11 is 1.30. The molecule has 0 bridgehead atoms. The molecule has 0 spiro atoms. The highest BCUT2D eigenvalue weighted by Gasteiger charge is 2.17. The van der Waals surface area contributed by atoms with Crippen molar-refractivity contribution in [2.75, 3.05) is 22.7 Å². The van der Waals surface area contributed by atoms with E-state index in [9.17, 15) is 8.42 Å². The van der Waals surface area contributed by atoms with E-state index in [1.165, 1.54) is 24.2 Å². The van der Waals surface area contributed by atoms with Crippen LogP contribution in [0.2, 0.25) is 0 Å². The summed E-state index contributed by atoms with van der Waals surface area (Å²) in [4.78, 5) is 3.29. The van der Waals surface area contributed by atoms with Crippen LogP contribution in [0.5, 0.6) is 0 Å². The zero-order valence-electron chi connectivity index (χ0n) is 15.6. The minimum Gasteiger partial charge on any atom is -0.355 e. The molecule has 2 aromatic heterocycles. The topological polar surface area (TPSA) is 75.2 Å². The van der Waals surface area contributed by atoms with Gasteiger partial charge in [0, 0.05) is 29.2 Å². The molecule has 1 aliphatic rings. The molecule has 1 saturated heterocycles. The molecule has 0 atom stereocenters. The molecular formula is C20H22N4O2S2. The van der Waals surface area contributed by atoms with Crippen molar-refractivity contribution >= 4 is 32.9 Å². The number of nitrogens with one attached hydrogen (secondary N) is 1. The summed E-state index contributed by atoms with van der Waals surface area (Å²) in [5.74, 6) is 0.910. The minimum atomic E-state index is -3.56. The molecule has 3 heterocycles. The van der Waals surface area contributed by atoms with E-state index >= 15 is 0 Å². The Morgan fingerprint density at radius 3 is 2.36 bits per heavy atom. The van der Waals surface area contributed by atoms with Crippen LogP contribution in [0.25, 0.3) is 11.3 Å². The van der Waals surface area contributed by atoms with Crippen molar-refractivity contribution in [3.63, 3.8) is 0 Å². The average molecular weight is 415 g/mol.